The van der Waals surface area contributed by atoms with Gasteiger partial charge < -0.3 is 15.0 Å². The van der Waals surface area contributed by atoms with Crippen molar-refractivity contribution in [3.63, 3.8) is 0 Å². The highest BCUT2D eigenvalue weighted by molar-refractivity contribution is 6.07. The summed E-state index contributed by atoms with van der Waals surface area (Å²) in [5, 5.41) is 8.01. The van der Waals surface area contributed by atoms with E-state index in [4.69, 9.17) is 4.74 Å². The average Bonchev–Trinajstić information content (AvgIpc) is 3.04. The van der Waals surface area contributed by atoms with E-state index in [2.05, 4.69) is 20.4 Å². The van der Waals surface area contributed by atoms with E-state index in [0.717, 1.165) is 16.7 Å². The van der Waals surface area contributed by atoms with Gasteiger partial charge in [0.05, 0.1) is 29.7 Å². The number of hydrogen-bond acceptors (Lipinski definition) is 5. The molecule has 2 N–H and O–H groups in total. The number of aryl methyl sites for hydroxylation is 3. The Morgan fingerprint density at radius 1 is 1.31 bits per heavy atom. The quantitative estimate of drug-likeness (QED) is 0.701. The van der Waals surface area contributed by atoms with Crippen molar-refractivity contribution >= 4 is 28.6 Å². The summed E-state index contributed by atoms with van der Waals surface area (Å²) < 4.78 is 6.75. The normalized spacial score (nSPS) is 11.0. The Morgan fingerprint density at radius 3 is 2.73 bits per heavy atom. The smallest absolute Gasteiger partial charge is 0.340 e. The number of amides is 1. The Labute approximate surface area is 150 Å². The summed E-state index contributed by atoms with van der Waals surface area (Å²) >= 11 is 0. The molecule has 0 atom stereocenters. The fraction of sp³-hybridized carbons (Fsp3) is 0.333. The third kappa shape index (κ3) is 2.94. The molecule has 0 aliphatic rings. The van der Waals surface area contributed by atoms with Crippen LogP contribution in [0.4, 0.5) is 5.69 Å². The molecule has 8 nitrogen and oxygen atoms in total. The predicted octanol–water partition coefficient (Wildman–Crippen LogP) is 2.65. The van der Waals surface area contributed by atoms with Crippen LogP contribution in [-0.4, -0.2) is 38.2 Å². The molecule has 0 spiro atoms. The van der Waals surface area contributed by atoms with Gasteiger partial charge in [-0.15, -0.1) is 0 Å². The van der Waals surface area contributed by atoms with Gasteiger partial charge in [-0.25, -0.2) is 9.78 Å². The summed E-state index contributed by atoms with van der Waals surface area (Å²) in [6.45, 7) is 7.37. The zero-order chi connectivity index (χ0) is 19.0. The van der Waals surface area contributed by atoms with Gasteiger partial charge in [0.25, 0.3) is 5.91 Å². The van der Waals surface area contributed by atoms with Gasteiger partial charge in [0.15, 0.2) is 5.65 Å². The number of rotatable bonds is 4. The first-order valence-corrected chi connectivity index (χ1v) is 8.30. The summed E-state index contributed by atoms with van der Waals surface area (Å²) in [6.07, 6.45) is 1.58. The molecule has 0 radical (unpaired) electrons. The molecule has 0 aliphatic heterocycles. The first kappa shape index (κ1) is 17.7. The zero-order valence-corrected chi connectivity index (χ0v) is 15.4. The lowest BCUT2D eigenvalue weighted by atomic mass is 10.1. The highest BCUT2D eigenvalue weighted by Gasteiger charge is 2.23. The van der Waals surface area contributed by atoms with Crippen molar-refractivity contribution in [2.24, 2.45) is 7.05 Å². The van der Waals surface area contributed by atoms with Crippen molar-refractivity contribution in [1.82, 2.24) is 19.7 Å². The predicted molar refractivity (Wildman–Crippen MR) is 97.4 cm³/mol. The van der Waals surface area contributed by atoms with Gasteiger partial charge in [0.1, 0.15) is 5.69 Å². The second-order valence-corrected chi connectivity index (χ2v) is 6.10. The van der Waals surface area contributed by atoms with E-state index in [9.17, 15) is 9.59 Å². The van der Waals surface area contributed by atoms with Crippen LogP contribution in [0.15, 0.2) is 12.3 Å². The van der Waals surface area contributed by atoms with Crippen LogP contribution in [0.25, 0.3) is 11.0 Å². The lowest BCUT2D eigenvalue weighted by Crippen LogP contribution is -2.14. The molecule has 0 bridgehead atoms. The number of ether oxygens (including phenoxy) is 1. The summed E-state index contributed by atoms with van der Waals surface area (Å²) in [4.78, 5) is 32.1. The van der Waals surface area contributed by atoms with Gasteiger partial charge in [0.2, 0.25) is 0 Å². The van der Waals surface area contributed by atoms with Crippen LogP contribution in [0.1, 0.15) is 44.7 Å². The third-order valence-electron chi connectivity index (χ3n) is 4.26. The number of H-pyrrole nitrogens is 1. The summed E-state index contributed by atoms with van der Waals surface area (Å²) in [5.41, 5.74) is 4.03. The van der Waals surface area contributed by atoms with E-state index < -0.39 is 5.97 Å². The fourth-order valence-electron chi connectivity index (χ4n) is 3.06. The maximum Gasteiger partial charge on any atom is 0.340 e. The van der Waals surface area contributed by atoms with Gasteiger partial charge in [-0.2, -0.15) is 5.10 Å². The molecule has 0 saturated carbocycles. The van der Waals surface area contributed by atoms with Gasteiger partial charge in [-0.1, -0.05) is 0 Å². The number of esters is 1. The minimum Gasteiger partial charge on any atom is -0.462 e. The Morgan fingerprint density at radius 2 is 2.04 bits per heavy atom. The van der Waals surface area contributed by atoms with Crippen molar-refractivity contribution in [2.75, 3.05) is 11.9 Å². The SMILES string of the molecule is CCOC(=O)c1c(C)[nH]c(C(=O)Nc2cnc3c(c2)c(C)nn3C)c1C. The fourth-order valence-corrected chi connectivity index (χ4v) is 3.06. The molecule has 1 amide bonds. The summed E-state index contributed by atoms with van der Waals surface area (Å²) in [5.74, 6) is -0.782. The van der Waals surface area contributed by atoms with E-state index in [1.54, 1.807) is 31.6 Å². The molecular weight excluding hydrogens is 334 g/mol. The second-order valence-electron chi connectivity index (χ2n) is 6.10. The number of fused-ring (bicyclic) bond motifs is 1. The minimum atomic E-state index is -0.438. The van der Waals surface area contributed by atoms with Crippen LogP contribution in [-0.2, 0) is 11.8 Å². The molecule has 3 heterocycles. The number of hydrogen-bond donors (Lipinski definition) is 2. The molecule has 3 aromatic rings. The van der Waals surface area contributed by atoms with Gasteiger partial charge >= 0.3 is 5.97 Å². The van der Waals surface area contributed by atoms with Crippen LogP contribution < -0.4 is 5.32 Å². The number of pyridine rings is 1. The zero-order valence-electron chi connectivity index (χ0n) is 15.4. The number of aromatic nitrogens is 4. The van der Waals surface area contributed by atoms with Crippen LogP contribution >= 0.6 is 0 Å². The minimum absolute atomic E-state index is 0.278. The number of nitrogens with one attached hydrogen (secondary N) is 2. The summed E-state index contributed by atoms with van der Waals surface area (Å²) in [6, 6.07) is 1.83. The average molecular weight is 355 g/mol. The summed E-state index contributed by atoms with van der Waals surface area (Å²) in [7, 11) is 1.82. The van der Waals surface area contributed by atoms with E-state index in [0.29, 0.717) is 28.2 Å². The molecule has 26 heavy (non-hydrogen) atoms. The highest BCUT2D eigenvalue weighted by Crippen LogP contribution is 2.22. The van der Waals surface area contributed by atoms with Crippen LogP contribution in [0.2, 0.25) is 0 Å². The van der Waals surface area contributed by atoms with E-state index in [1.165, 1.54) is 0 Å². The first-order chi connectivity index (χ1) is 12.3. The molecule has 0 fully saturated rings. The number of aromatic amines is 1. The number of anilines is 1. The molecule has 0 aliphatic carbocycles. The number of carbonyl (C=O) groups is 2. The Balaban J connectivity index is 1.90. The molecule has 0 unspecified atom stereocenters. The van der Waals surface area contributed by atoms with Crippen LogP contribution in [0.3, 0.4) is 0 Å². The standard InChI is InChI=1S/C18H21N5O3/c1-6-26-18(25)14-9(2)15(20-11(14)4)17(24)21-12-7-13-10(3)22-23(5)16(13)19-8-12/h7-8,20H,6H2,1-5H3,(H,21,24). The van der Waals surface area contributed by atoms with Crippen molar-refractivity contribution in [3.05, 3.63) is 40.5 Å². The Hall–Kier alpha value is -3.16. The molecule has 136 valence electrons. The van der Waals surface area contributed by atoms with Gasteiger partial charge in [-0.05, 0) is 39.3 Å². The van der Waals surface area contributed by atoms with Crippen LogP contribution in [0, 0.1) is 20.8 Å². The maximum absolute atomic E-state index is 12.7. The van der Waals surface area contributed by atoms with E-state index in [-0.39, 0.29) is 12.5 Å². The topological polar surface area (TPSA) is 102 Å². The molecule has 3 aromatic heterocycles. The molecule has 8 heteroatoms. The largest absolute Gasteiger partial charge is 0.462 e. The van der Waals surface area contributed by atoms with Crippen LogP contribution in [0.5, 0.6) is 0 Å². The van der Waals surface area contributed by atoms with Crippen molar-refractivity contribution in [3.8, 4) is 0 Å². The Kier molecular flexibility index (Phi) is 4.50. The second kappa shape index (κ2) is 6.62. The van der Waals surface area contributed by atoms with Crippen molar-refractivity contribution < 1.29 is 14.3 Å². The highest BCUT2D eigenvalue weighted by atomic mass is 16.5. The van der Waals surface area contributed by atoms with Crippen molar-refractivity contribution in [1.29, 1.82) is 0 Å². The number of nitrogens with zero attached hydrogens (tertiary/aromatic N) is 3. The number of carbonyl (C=O) groups excluding carboxylic acids is 2. The van der Waals surface area contributed by atoms with Crippen molar-refractivity contribution in [2.45, 2.75) is 27.7 Å². The lowest BCUT2D eigenvalue weighted by Gasteiger charge is -2.05. The molecular formula is C18H21N5O3. The maximum atomic E-state index is 12.7. The third-order valence-corrected chi connectivity index (χ3v) is 4.26. The van der Waals surface area contributed by atoms with E-state index in [1.807, 2.05) is 20.0 Å². The lowest BCUT2D eigenvalue weighted by molar-refractivity contribution is 0.0525. The van der Waals surface area contributed by atoms with Gasteiger partial charge in [0, 0.05) is 18.1 Å². The molecule has 3 rings (SSSR count). The van der Waals surface area contributed by atoms with Gasteiger partial charge in [-0.3, -0.25) is 9.48 Å². The van der Waals surface area contributed by atoms with E-state index >= 15 is 0 Å². The molecule has 0 saturated heterocycles. The Bertz CT molecular complexity index is 1020. The molecule has 0 aromatic carbocycles. The first-order valence-electron chi connectivity index (χ1n) is 8.30. The monoisotopic (exact) mass is 355 g/mol.